The Morgan fingerprint density at radius 2 is 2.25 bits per heavy atom. The van der Waals surface area contributed by atoms with Crippen molar-refractivity contribution in [3.05, 3.63) is 18.0 Å². The number of aryl methyl sites for hydroxylation is 1. The second-order valence-electron chi connectivity index (χ2n) is 3.98. The molecule has 0 amide bonds. The van der Waals surface area contributed by atoms with Crippen molar-refractivity contribution in [2.45, 2.75) is 18.4 Å². The summed E-state index contributed by atoms with van der Waals surface area (Å²) in [6, 6.07) is 1.72. The molecule has 0 aromatic carbocycles. The third-order valence-corrected chi connectivity index (χ3v) is 3.16. The average molecular weight is 224 g/mol. The summed E-state index contributed by atoms with van der Waals surface area (Å²) >= 11 is 0. The van der Waals surface area contributed by atoms with Crippen molar-refractivity contribution in [1.82, 2.24) is 9.78 Å². The molecule has 1 saturated heterocycles. The summed E-state index contributed by atoms with van der Waals surface area (Å²) in [5.41, 5.74) is -0.143. The normalized spacial score (nSPS) is 19.6. The van der Waals surface area contributed by atoms with Gasteiger partial charge < -0.3 is 9.47 Å². The van der Waals surface area contributed by atoms with E-state index in [0.717, 1.165) is 0 Å². The first kappa shape index (κ1) is 11.3. The van der Waals surface area contributed by atoms with Crippen molar-refractivity contribution in [1.29, 1.82) is 0 Å². The Balaban J connectivity index is 2.28. The van der Waals surface area contributed by atoms with Gasteiger partial charge in [0.05, 0.1) is 0 Å². The molecule has 1 aliphatic rings. The van der Waals surface area contributed by atoms with Gasteiger partial charge in [-0.05, 0) is 6.07 Å². The molecule has 0 bridgehead atoms. The highest BCUT2D eigenvalue weighted by Crippen LogP contribution is 2.28. The van der Waals surface area contributed by atoms with Crippen molar-refractivity contribution in [3.63, 3.8) is 0 Å². The highest BCUT2D eigenvalue weighted by atomic mass is 16.5. The Morgan fingerprint density at radius 3 is 2.75 bits per heavy atom. The Labute approximate surface area is 94.3 Å². The zero-order valence-electron chi connectivity index (χ0n) is 9.60. The first-order valence-electron chi connectivity index (χ1n) is 5.35. The molecule has 0 aliphatic carbocycles. The van der Waals surface area contributed by atoms with Gasteiger partial charge in [0.2, 0.25) is 5.78 Å². The smallest absolute Gasteiger partial charge is 0.212 e. The molecule has 0 atom stereocenters. The molecule has 0 N–H and O–H groups in total. The number of hydrogen-bond donors (Lipinski definition) is 0. The predicted molar refractivity (Wildman–Crippen MR) is 57.3 cm³/mol. The summed E-state index contributed by atoms with van der Waals surface area (Å²) in [4.78, 5) is 12.4. The molecule has 88 valence electrons. The maximum atomic E-state index is 12.4. The van der Waals surface area contributed by atoms with Gasteiger partial charge >= 0.3 is 0 Å². The largest absolute Gasteiger partial charge is 0.381 e. The lowest BCUT2D eigenvalue weighted by Crippen LogP contribution is -2.46. The van der Waals surface area contributed by atoms with Crippen LogP contribution >= 0.6 is 0 Å². The first-order chi connectivity index (χ1) is 7.69. The Bertz CT molecular complexity index is 380. The van der Waals surface area contributed by atoms with E-state index in [-0.39, 0.29) is 5.78 Å². The number of ketones is 1. The number of methoxy groups -OCH3 is 1. The van der Waals surface area contributed by atoms with Gasteiger partial charge in [0.15, 0.2) is 0 Å². The number of carbonyl (C=O) groups excluding carboxylic acids is 1. The fourth-order valence-corrected chi connectivity index (χ4v) is 2.06. The van der Waals surface area contributed by atoms with E-state index in [1.807, 2.05) is 0 Å². The zero-order valence-corrected chi connectivity index (χ0v) is 9.60. The molecule has 16 heavy (non-hydrogen) atoms. The van der Waals surface area contributed by atoms with Crippen LogP contribution in [-0.4, -0.2) is 41.5 Å². The molecule has 0 saturated carbocycles. The van der Waals surface area contributed by atoms with E-state index >= 15 is 0 Å². The van der Waals surface area contributed by atoms with Gasteiger partial charge in [-0.15, -0.1) is 0 Å². The molecule has 0 unspecified atom stereocenters. The number of aromatic nitrogens is 2. The summed E-state index contributed by atoms with van der Waals surface area (Å²) in [6.45, 7) is 1.13. The van der Waals surface area contributed by atoms with E-state index in [2.05, 4.69) is 5.10 Å². The van der Waals surface area contributed by atoms with Gasteiger partial charge in [-0.25, -0.2) is 0 Å². The number of carbonyl (C=O) groups is 1. The Morgan fingerprint density at radius 1 is 1.56 bits per heavy atom. The predicted octanol–water partition coefficient (Wildman–Crippen LogP) is 0.798. The molecule has 5 heteroatoms. The summed E-state index contributed by atoms with van der Waals surface area (Å²) < 4.78 is 12.3. The quantitative estimate of drug-likeness (QED) is 0.712. The monoisotopic (exact) mass is 224 g/mol. The van der Waals surface area contributed by atoms with Crippen LogP contribution in [0.2, 0.25) is 0 Å². The molecule has 5 nitrogen and oxygen atoms in total. The van der Waals surface area contributed by atoms with Crippen LogP contribution in [0.1, 0.15) is 23.3 Å². The van der Waals surface area contributed by atoms with Crippen LogP contribution in [0.25, 0.3) is 0 Å². The summed E-state index contributed by atoms with van der Waals surface area (Å²) in [5.74, 6) is -0.00157. The fraction of sp³-hybridized carbons (Fsp3) is 0.636. The number of rotatable bonds is 3. The van der Waals surface area contributed by atoms with Crippen molar-refractivity contribution in [2.75, 3.05) is 20.3 Å². The van der Waals surface area contributed by atoms with Gasteiger partial charge in [-0.2, -0.15) is 5.10 Å². The Hall–Kier alpha value is -1.20. The van der Waals surface area contributed by atoms with Crippen LogP contribution in [0, 0.1) is 0 Å². The third kappa shape index (κ3) is 1.76. The van der Waals surface area contributed by atoms with Crippen molar-refractivity contribution >= 4 is 5.78 Å². The molecule has 2 rings (SSSR count). The van der Waals surface area contributed by atoms with Crippen LogP contribution < -0.4 is 0 Å². The molecule has 2 heterocycles. The Kier molecular flexibility index (Phi) is 3.07. The third-order valence-electron chi connectivity index (χ3n) is 3.16. The molecule has 1 aromatic rings. The molecule has 1 aliphatic heterocycles. The highest BCUT2D eigenvalue weighted by molar-refractivity contribution is 6.01. The van der Waals surface area contributed by atoms with Crippen LogP contribution in [-0.2, 0) is 16.5 Å². The standard InChI is InChI=1S/C11H16N2O3/c1-13-9(3-6-12-13)10(14)11(15-2)4-7-16-8-5-11/h3,6H,4-5,7-8H2,1-2H3. The average Bonchev–Trinajstić information content (AvgIpc) is 2.75. The topological polar surface area (TPSA) is 53.3 Å². The molecular formula is C11H16N2O3. The summed E-state index contributed by atoms with van der Waals surface area (Å²) in [6.07, 6.45) is 2.83. The van der Waals surface area contributed by atoms with E-state index in [0.29, 0.717) is 31.7 Å². The maximum absolute atomic E-state index is 12.4. The van der Waals surface area contributed by atoms with E-state index in [1.165, 1.54) is 0 Å². The highest BCUT2D eigenvalue weighted by Gasteiger charge is 2.41. The minimum atomic E-state index is -0.730. The SMILES string of the molecule is COC1(C(=O)c2ccnn2C)CCOCC1. The van der Waals surface area contributed by atoms with Crippen molar-refractivity contribution in [2.24, 2.45) is 7.05 Å². The van der Waals surface area contributed by atoms with Gasteiger partial charge in [-0.1, -0.05) is 0 Å². The first-order valence-corrected chi connectivity index (χ1v) is 5.35. The van der Waals surface area contributed by atoms with Gasteiger partial charge in [0.1, 0.15) is 11.3 Å². The summed E-state index contributed by atoms with van der Waals surface area (Å²) in [5, 5.41) is 4.01. The van der Waals surface area contributed by atoms with Gasteiger partial charge in [0.25, 0.3) is 0 Å². The van der Waals surface area contributed by atoms with Crippen molar-refractivity contribution in [3.8, 4) is 0 Å². The van der Waals surface area contributed by atoms with Crippen LogP contribution in [0.5, 0.6) is 0 Å². The van der Waals surface area contributed by atoms with Crippen LogP contribution in [0.15, 0.2) is 12.3 Å². The fourth-order valence-electron chi connectivity index (χ4n) is 2.06. The lowest BCUT2D eigenvalue weighted by molar-refractivity contribution is -0.0667. The minimum absolute atomic E-state index is 0.00157. The van der Waals surface area contributed by atoms with E-state index in [1.54, 1.807) is 31.1 Å². The maximum Gasteiger partial charge on any atom is 0.212 e. The minimum Gasteiger partial charge on any atom is -0.381 e. The molecule has 1 aromatic heterocycles. The molecule has 0 spiro atoms. The number of ether oxygens (including phenoxy) is 2. The van der Waals surface area contributed by atoms with E-state index < -0.39 is 5.60 Å². The second kappa shape index (κ2) is 4.35. The van der Waals surface area contributed by atoms with E-state index in [9.17, 15) is 4.79 Å². The van der Waals surface area contributed by atoms with Crippen LogP contribution in [0.4, 0.5) is 0 Å². The van der Waals surface area contributed by atoms with Crippen LogP contribution in [0.3, 0.4) is 0 Å². The van der Waals surface area contributed by atoms with Crippen molar-refractivity contribution < 1.29 is 14.3 Å². The molecule has 1 fully saturated rings. The lowest BCUT2D eigenvalue weighted by Gasteiger charge is -2.34. The lowest BCUT2D eigenvalue weighted by atomic mass is 9.87. The summed E-state index contributed by atoms with van der Waals surface area (Å²) in [7, 11) is 3.34. The molecule has 0 radical (unpaired) electrons. The zero-order chi connectivity index (χ0) is 11.6. The number of nitrogens with zero attached hydrogens (tertiary/aromatic N) is 2. The number of hydrogen-bond acceptors (Lipinski definition) is 4. The van der Waals surface area contributed by atoms with Gasteiger partial charge in [-0.3, -0.25) is 9.48 Å². The second-order valence-corrected chi connectivity index (χ2v) is 3.98. The number of Topliss-reactive ketones (excluding diaryl/α,β-unsaturated/α-hetero) is 1. The molecular weight excluding hydrogens is 208 g/mol. The van der Waals surface area contributed by atoms with Gasteiger partial charge in [0, 0.05) is 46.4 Å². The van der Waals surface area contributed by atoms with E-state index in [4.69, 9.17) is 9.47 Å².